The summed E-state index contributed by atoms with van der Waals surface area (Å²) in [6.07, 6.45) is 2.54. The van der Waals surface area contributed by atoms with E-state index in [9.17, 15) is 4.79 Å². The second-order valence-corrected chi connectivity index (χ2v) is 6.17. The molecule has 2 heterocycles. The summed E-state index contributed by atoms with van der Waals surface area (Å²) in [7, 11) is 3.56. The summed E-state index contributed by atoms with van der Waals surface area (Å²) in [6, 6.07) is 8.46. The molecule has 1 amide bonds. The first-order chi connectivity index (χ1) is 9.63. The van der Waals surface area contributed by atoms with Crippen molar-refractivity contribution >= 4 is 11.6 Å². The Bertz CT molecular complexity index is 483. The highest BCUT2D eigenvalue weighted by molar-refractivity contribution is 5.94. The third-order valence-corrected chi connectivity index (χ3v) is 4.52. The molecule has 108 valence electrons. The first-order valence-electron chi connectivity index (χ1n) is 7.44. The zero-order valence-corrected chi connectivity index (χ0v) is 12.3. The third-order valence-electron chi connectivity index (χ3n) is 4.52. The fourth-order valence-corrected chi connectivity index (χ4v) is 3.32. The lowest BCUT2D eigenvalue weighted by atomic mass is 9.94. The molecule has 3 atom stereocenters. The number of anilines is 1. The second-order valence-electron chi connectivity index (χ2n) is 6.17. The quantitative estimate of drug-likeness (QED) is 0.913. The summed E-state index contributed by atoms with van der Waals surface area (Å²) >= 11 is 0. The van der Waals surface area contributed by atoms with Gasteiger partial charge in [-0.15, -0.1) is 0 Å². The van der Waals surface area contributed by atoms with Crippen LogP contribution in [-0.2, 0) is 0 Å². The highest BCUT2D eigenvalue weighted by Gasteiger charge is 2.33. The maximum absolute atomic E-state index is 11.8. The molecule has 2 saturated heterocycles. The molecule has 4 nitrogen and oxygen atoms in total. The van der Waals surface area contributed by atoms with Crippen molar-refractivity contribution in [2.75, 3.05) is 39.0 Å². The van der Waals surface area contributed by atoms with Crippen molar-refractivity contribution in [3.05, 3.63) is 29.8 Å². The first kappa shape index (κ1) is 13.4. The number of hydrogen-bond acceptors (Lipinski definition) is 3. The van der Waals surface area contributed by atoms with Crippen LogP contribution in [0.25, 0.3) is 0 Å². The summed E-state index contributed by atoms with van der Waals surface area (Å²) in [6.45, 7) is 3.72. The van der Waals surface area contributed by atoms with E-state index in [2.05, 4.69) is 10.2 Å². The summed E-state index contributed by atoms with van der Waals surface area (Å²) in [5.41, 5.74) is 1.88. The average molecular weight is 273 g/mol. The van der Waals surface area contributed by atoms with Crippen LogP contribution < -0.4 is 5.32 Å². The number of rotatable bonds is 3. The van der Waals surface area contributed by atoms with Crippen molar-refractivity contribution < 1.29 is 4.79 Å². The SMILES string of the molecule is CN(C)C(=O)c1ccc(NC2CCN3CCC2C3)cc1. The van der Waals surface area contributed by atoms with Crippen molar-refractivity contribution in [1.29, 1.82) is 0 Å². The highest BCUT2D eigenvalue weighted by Crippen LogP contribution is 2.29. The Labute approximate surface area is 120 Å². The molecule has 0 spiro atoms. The van der Waals surface area contributed by atoms with Gasteiger partial charge in [0.25, 0.3) is 5.91 Å². The number of carbonyl (C=O) groups is 1. The lowest BCUT2D eigenvalue weighted by molar-refractivity contribution is 0.0827. The molecule has 2 aliphatic heterocycles. The van der Waals surface area contributed by atoms with Crippen LogP contribution in [0.1, 0.15) is 23.2 Å². The molecule has 0 saturated carbocycles. The molecule has 1 N–H and O–H groups in total. The molecule has 2 aliphatic rings. The summed E-state index contributed by atoms with van der Waals surface area (Å²) < 4.78 is 0. The van der Waals surface area contributed by atoms with Gasteiger partial charge in [-0.25, -0.2) is 0 Å². The van der Waals surface area contributed by atoms with E-state index in [1.165, 1.54) is 32.5 Å². The van der Waals surface area contributed by atoms with Gasteiger partial charge in [0.05, 0.1) is 0 Å². The average Bonchev–Trinajstić information content (AvgIpc) is 2.85. The standard InChI is InChI=1S/C16H23N3O/c1-18(2)16(20)12-3-5-14(6-4-12)17-15-8-10-19-9-7-13(15)11-19/h3-6,13,15,17H,7-11H2,1-2H3. The van der Waals surface area contributed by atoms with Crippen LogP contribution >= 0.6 is 0 Å². The Hall–Kier alpha value is -1.55. The number of benzene rings is 1. The fourth-order valence-electron chi connectivity index (χ4n) is 3.32. The highest BCUT2D eigenvalue weighted by atomic mass is 16.2. The minimum Gasteiger partial charge on any atom is -0.382 e. The van der Waals surface area contributed by atoms with E-state index in [1.807, 2.05) is 24.3 Å². The largest absolute Gasteiger partial charge is 0.382 e. The van der Waals surface area contributed by atoms with Crippen molar-refractivity contribution in [3.63, 3.8) is 0 Å². The molecule has 0 aliphatic carbocycles. The maximum Gasteiger partial charge on any atom is 0.253 e. The second kappa shape index (κ2) is 5.44. The summed E-state index contributed by atoms with van der Waals surface area (Å²) in [5, 5.41) is 3.65. The lowest BCUT2D eigenvalue weighted by Crippen LogP contribution is -2.39. The predicted molar refractivity (Wildman–Crippen MR) is 81.0 cm³/mol. The summed E-state index contributed by atoms with van der Waals surface area (Å²) in [5.74, 6) is 0.840. The van der Waals surface area contributed by atoms with Gasteiger partial charge in [0.15, 0.2) is 0 Å². The van der Waals surface area contributed by atoms with E-state index in [0.717, 1.165) is 17.2 Å². The van der Waals surface area contributed by atoms with E-state index in [-0.39, 0.29) is 5.91 Å². The van der Waals surface area contributed by atoms with Crippen LogP contribution in [0.2, 0.25) is 0 Å². The first-order valence-corrected chi connectivity index (χ1v) is 7.44. The zero-order chi connectivity index (χ0) is 14.1. The van der Waals surface area contributed by atoms with Crippen LogP contribution in [0.4, 0.5) is 5.69 Å². The van der Waals surface area contributed by atoms with Crippen molar-refractivity contribution in [3.8, 4) is 0 Å². The van der Waals surface area contributed by atoms with Gasteiger partial charge in [0, 0.05) is 44.5 Å². The molecule has 4 heteroatoms. The zero-order valence-electron chi connectivity index (χ0n) is 12.3. The molecule has 2 bridgehead atoms. The Morgan fingerprint density at radius 2 is 1.90 bits per heavy atom. The Balaban J connectivity index is 1.65. The number of amides is 1. The topological polar surface area (TPSA) is 35.6 Å². The van der Waals surface area contributed by atoms with E-state index >= 15 is 0 Å². The van der Waals surface area contributed by atoms with Gasteiger partial charge in [0.2, 0.25) is 0 Å². The molecule has 3 unspecified atom stereocenters. The molecule has 20 heavy (non-hydrogen) atoms. The molecule has 1 aromatic carbocycles. The smallest absolute Gasteiger partial charge is 0.253 e. The van der Waals surface area contributed by atoms with Crippen LogP contribution in [-0.4, -0.2) is 55.5 Å². The lowest BCUT2D eigenvalue weighted by Gasteiger charge is -2.31. The van der Waals surface area contributed by atoms with Crippen molar-refractivity contribution in [1.82, 2.24) is 9.80 Å². The number of nitrogens with one attached hydrogen (secondary N) is 1. The molecular formula is C16H23N3O. The van der Waals surface area contributed by atoms with Gasteiger partial charge in [-0.05, 0) is 49.6 Å². The number of fused-ring (bicyclic) bond motifs is 2. The maximum atomic E-state index is 11.8. The Kier molecular flexibility index (Phi) is 3.66. The monoisotopic (exact) mass is 273 g/mol. The fraction of sp³-hybridized carbons (Fsp3) is 0.562. The molecular weight excluding hydrogens is 250 g/mol. The molecule has 0 aromatic heterocycles. The van der Waals surface area contributed by atoms with Crippen molar-refractivity contribution in [2.45, 2.75) is 18.9 Å². The van der Waals surface area contributed by atoms with E-state index in [1.54, 1.807) is 19.0 Å². The van der Waals surface area contributed by atoms with Gasteiger partial charge in [-0.1, -0.05) is 0 Å². The van der Waals surface area contributed by atoms with E-state index in [4.69, 9.17) is 0 Å². The van der Waals surface area contributed by atoms with Gasteiger partial charge >= 0.3 is 0 Å². The minimum absolute atomic E-state index is 0.0562. The Morgan fingerprint density at radius 1 is 1.20 bits per heavy atom. The normalized spacial score (nSPS) is 28.2. The van der Waals surface area contributed by atoms with Gasteiger partial charge in [0.1, 0.15) is 0 Å². The van der Waals surface area contributed by atoms with E-state index in [0.29, 0.717) is 6.04 Å². The molecule has 2 fully saturated rings. The number of nitrogens with zero attached hydrogens (tertiary/aromatic N) is 2. The summed E-state index contributed by atoms with van der Waals surface area (Å²) in [4.78, 5) is 16.0. The van der Waals surface area contributed by atoms with Gasteiger partial charge in [-0.3, -0.25) is 4.79 Å². The predicted octanol–water partition coefficient (Wildman–Crippen LogP) is 1.89. The Morgan fingerprint density at radius 3 is 2.60 bits per heavy atom. The molecule has 3 rings (SSSR count). The van der Waals surface area contributed by atoms with Gasteiger partial charge < -0.3 is 15.1 Å². The van der Waals surface area contributed by atoms with Crippen LogP contribution in [0, 0.1) is 5.92 Å². The number of carbonyl (C=O) groups excluding carboxylic acids is 1. The van der Waals surface area contributed by atoms with Crippen LogP contribution in [0.5, 0.6) is 0 Å². The number of hydrogen-bond donors (Lipinski definition) is 1. The minimum atomic E-state index is 0.0562. The van der Waals surface area contributed by atoms with Crippen LogP contribution in [0.3, 0.4) is 0 Å². The van der Waals surface area contributed by atoms with Crippen LogP contribution in [0.15, 0.2) is 24.3 Å². The molecule has 1 aromatic rings. The molecule has 0 radical (unpaired) electrons. The van der Waals surface area contributed by atoms with Gasteiger partial charge in [-0.2, -0.15) is 0 Å². The van der Waals surface area contributed by atoms with Crippen molar-refractivity contribution in [2.24, 2.45) is 5.92 Å². The third kappa shape index (κ3) is 2.66. The number of piperidine rings is 1. The van der Waals surface area contributed by atoms with E-state index < -0.39 is 0 Å².